The van der Waals surface area contributed by atoms with Crippen molar-refractivity contribution in [3.05, 3.63) is 59.9 Å². The molecule has 8 heteroatoms. The normalized spacial score (nSPS) is 18.5. The minimum absolute atomic E-state index is 0.00440. The number of amides is 1. The van der Waals surface area contributed by atoms with Gasteiger partial charge in [-0.2, -0.15) is 4.31 Å². The number of sulfonamides is 1. The third-order valence-corrected chi connectivity index (χ3v) is 9.19. The summed E-state index contributed by atoms with van der Waals surface area (Å²) in [5, 5.41) is 2.99. The molecular weight excluding hydrogens is 448 g/mol. The molecule has 0 radical (unpaired) electrons. The summed E-state index contributed by atoms with van der Waals surface area (Å²) in [6.45, 7) is 3.18. The van der Waals surface area contributed by atoms with Crippen molar-refractivity contribution < 1.29 is 13.2 Å². The summed E-state index contributed by atoms with van der Waals surface area (Å²) in [6, 6.07) is 15.6. The maximum absolute atomic E-state index is 13.4. The zero-order chi connectivity index (χ0) is 23.7. The van der Waals surface area contributed by atoms with Gasteiger partial charge in [-0.05, 0) is 56.4 Å². The predicted octanol–water partition coefficient (Wildman–Crippen LogP) is 4.18. The first-order chi connectivity index (χ1) is 16.4. The monoisotopic (exact) mass is 480 g/mol. The average Bonchev–Trinajstić information content (AvgIpc) is 3.49. The van der Waals surface area contributed by atoms with E-state index >= 15 is 0 Å². The minimum atomic E-state index is -3.63. The van der Waals surface area contributed by atoms with Gasteiger partial charge in [0.05, 0.1) is 15.9 Å². The molecule has 0 bridgehead atoms. The zero-order valence-electron chi connectivity index (χ0n) is 19.6. The topological polar surface area (TPSA) is 84.3 Å². The van der Waals surface area contributed by atoms with Gasteiger partial charge < -0.3 is 9.88 Å². The first-order valence-corrected chi connectivity index (χ1v) is 13.7. The SMILES string of the molecule is Cc1nc2cc(S(=O)(=O)N3CCC(C(=O)NCc4ccccc4)CC3)ccc2n1C1CCCC1. The fourth-order valence-electron chi connectivity index (χ4n) is 5.42. The Labute approximate surface area is 201 Å². The third-order valence-electron chi connectivity index (χ3n) is 7.30. The number of nitrogens with one attached hydrogen (secondary N) is 1. The molecule has 2 aromatic carbocycles. The van der Waals surface area contributed by atoms with Crippen LogP contribution in [-0.4, -0.2) is 41.3 Å². The molecule has 1 saturated carbocycles. The molecule has 1 saturated heterocycles. The Balaban J connectivity index is 1.25. The molecule has 0 spiro atoms. The number of piperidine rings is 1. The quantitative estimate of drug-likeness (QED) is 0.574. The molecule has 2 aliphatic rings. The fraction of sp³-hybridized carbons (Fsp3) is 0.462. The molecule has 0 unspecified atom stereocenters. The number of nitrogens with zero attached hydrogens (tertiary/aromatic N) is 3. The summed E-state index contributed by atoms with van der Waals surface area (Å²) in [5.41, 5.74) is 2.80. The number of hydrogen-bond acceptors (Lipinski definition) is 4. The van der Waals surface area contributed by atoms with Crippen molar-refractivity contribution in [2.45, 2.75) is 62.9 Å². The maximum atomic E-state index is 13.4. The predicted molar refractivity (Wildman–Crippen MR) is 132 cm³/mol. The van der Waals surface area contributed by atoms with E-state index in [1.165, 1.54) is 17.1 Å². The molecular formula is C26H32N4O3S. The smallest absolute Gasteiger partial charge is 0.243 e. The molecule has 2 heterocycles. The van der Waals surface area contributed by atoms with E-state index < -0.39 is 10.0 Å². The van der Waals surface area contributed by atoms with E-state index in [4.69, 9.17) is 0 Å². The molecule has 1 aliphatic heterocycles. The fourth-order valence-corrected chi connectivity index (χ4v) is 6.91. The van der Waals surface area contributed by atoms with E-state index in [0.29, 0.717) is 38.5 Å². The van der Waals surface area contributed by atoms with Crippen molar-refractivity contribution in [3.8, 4) is 0 Å². The Morgan fingerprint density at radius 3 is 2.44 bits per heavy atom. The Bertz CT molecular complexity index is 1270. The van der Waals surface area contributed by atoms with Crippen LogP contribution < -0.4 is 5.32 Å². The number of carbonyl (C=O) groups excluding carboxylic acids is 1. The largest absolute Gasteiger partial charge is 0.352 e. The summed E-state index contributed by atoms with van der Waals surface area (Å²) in [6.07, 6.45) is 5.82. The lowest BCUT2D eigenvalue weighted by Gasteiger charge is -2.30. The second-order valence-electron chi connectivity index (χ2n) is 9.50. The number of aryl methyl sites for hydroxylation is 1. The standard InChI is InChI=1S/C26H32N4O3S/c1-19-28-24-17-23(11-12-25(24)30(19)22-9-5-6-10-22)34(32,33)29-15-13-21(14-16-29)26(31)27-18-20-7-3-2-4-8-20/h2-4,7-8,11-12,17,21-22H,5-6,9-10,13-16,18H2,1H3,(H,27,31). The van der Waals surface area contributed by atoms with E-state index in [1.807, 2.05) is 43.3 Å². The van der Waals surface area contributed by atoms with Crippen LogP contribution in [0, 0.1) is 12.8 Å². The Kier molecular flexibility index (Phi) is 6.44. The average molecular weight is 481 g/mol. The second kappa shape index (κ2) is 9.50. The molecule has 2 fully saturated rings. The van der Waals surface area contributed by atoms with Gasteiger partial charge in [0, 0.05) is 31.6 Å². The molecule has 0 atom stereocenters. The van der Waals surface area contributed by atoms with Crippen LogP contribution in [0.1, 0.15) is 56.0 Å². The summed E-state index contributed by atoms with van der Waals surface area (Å²) < 4.78 is 30.5. The van der Waals surface area contributed by atoms with Gasteiger partial charge in [0.1, 0.15) is 5.82 Å². The van der Waals surface area contributed by atoms with Crippen molar-refractivity contribution in [2.24, 2.45) is 5.92 Å². The van der Waals surface area contributed by atoms with Crippen LogP contribution in [0.5, 0.6) is 0 Å². The van der Waals surface area contributed by atoms with Gasteiger partial charge in [0.2, 0.25) is 15.9 Å². The molecule has 180 valence electrons. The summed E-state index contributed by atoms with van der Waals surface area (Å²) in [5.74, 6) is 0.774. The highest BCUT2D eigenvalue weighted by Crippen LogP contribution is 2.34. The lowest BCUT2D eigenvalue weighted by molar-refractivity contribution is -0.126. The lowest BCUT2D eigenvalue weighted by atomic mass is 9.97. The molecule has 1 aliphatic carbocycles. The minimum Gasteiger partial charge on any atom is -0.352 e. The number of imidazole rings is 1. The second-order valence-corrected chi connectivity index (χ2v) is 11.4. The summed E-state index contributed by atoms with van der Waals surface area (Å²) in [7, 11) is -3.63. The first kappa shape index (κ1) is 23.1. The van der Waals surface area contributed by atoms with E-state index in [-0.39, 0.29) is 16.7 Å². The van der Waals surface area contributed by atoms with Crippen LogP contribution in [0.15, 0.2) is 53.4 Å². The van der Waals surface area contributed by atoms with Gasteiger partial charge in [-0.15, -0.1) is 0 Å². The zero-order valence-corrected chi connectivity index (χ0v) is 20.4. The molecule has 34 heavy (non-hydrogen) atoms. The van der Waals surface area contributed by atoms with Crippen LogP contribution in [0.2, 0.25) is 0 Å². The van der Waals surface area contributed by atoms with Crippen LogP contribution >= 0.6 is 0 Å². The van der Waals surface area contributed by atoms with Crippen molar-refractivity contribution in [3.63, 3.8) is 0 Å². The first-order valence-electron chi connectivity index (χ1n) is 12.2. The molecule has 1 N–H and O–H groups in total. The van der Waals surface area contributed by atoms with Gasteiger partial charge in [-0.3, -0.25) is 4.79 Å². The van der Waals surface area contributed by atoms with Gasteiger partial charge in [0.25, 0.3) is 0 Å². The number of carbonyl (C=O) groups is 1. The van der Waals surface area contributed by atoms with Crippen LogP contribution in [-0.2, 0) is 21.4 Å². The van der Waals surface area contributed by atoms with Crippen molar-refractivity contribution >= 4 is 27.0 Å². The number of benzene rings is 2. The van der Waals surface area contributed by atoms with Crippen molar-refractivity contribution in [1.29, 1.82) is 0 Å². The maximum Gasteiger partial charge on any atom is 0.243 e. The van der Waals surface area contributed by atoms with E-state index in [9.17, 15) is 13.2 Å². The summed E-state index contributed by atoms with van der Waals surface area (Å²) in [4.78, 5) is 17.6. The Morgan fingerprint density at radius 2 is 1.74 bits per heavy atom. The number of rotatable bonds is 6. The van der Waals surface area contributed by atoms with Gasteiger partial charge in [-0.1, -0.05) is 43.2 Å². The Morgan fingerprint density at radius 1 is 1.03 bits per heavy atom. The molecule has 7 nitrogen and oxygen atoms in total. The number of hydrogen-bond donors (Lipinski definition) is 1. The van der Waals surface area contributed by atoms with Gasteiger partial charge in [0.15, 0.2) is 0 Å². The van der Waals surface area contributed by atoms with Gasteiger partial charge >= 0.3 is 0 Å². The highest BCUT2D eigenvalue weighted by molar-refractivity contribution is 7.89. The number of aromatic nitrogens is 2. The molecule has 5 rings (SSSR count). The molecule has 3 aromatic rings. The van der Waals surface area contributed by atoms with Crippen LogP contribution in [0.25, 0.3) is 11.0 Å². The van der Waals surface area contributed by atoms with Crippen LogP contribution in [0.4, 0.5) is 0 Å². The Hall–Kier alpha value is -2.71. The van der Waals surface area contributed by atoms with Crippen LogP contribution in [0.3, 0.4) is 0 Å². The highest BCUT2D eigenvalue weighted by Gasteiger charge is 2.32. The van der Waals surface area contributed by atoms with Crippen molar-refractivity contribution in [2.75, 3.05) is 13.1 Å². The molecule has 1 aromatic heterocycles. The van der Waals surface area contributed by atoms with Gasteiger partial charge in [-0.25, -0.2) is 13.4 Å². The van der Waals surface area contributed by atoms with Crippen molar-refractivity contribution in [1.82, 2.24) is 19.2 Å². The van der Waals surface area contributed by atoms with E-state index in [1.54, 1.807) is 12.1 Å². The summed E-state index contributed by atoms with van der Waals surface area (Å²) >= 11 is 0. The highest BCUT2D eigenvalue weighted by atomic mass is 32.2. The lowest BCUT2D eigenvalue weighted by Crippen LogP contribution is -2.42. The van der Waals surface area contributed by atoms with E-state index in [0.717, 1.165) is 35.3 Å². The number of fused-ring (bicyclic) bond motifs is 1. The third kappa shape index (κ3) is 4.49. The molecule has 1 amide bonds. The van der Waals surface area contributed by atoms with E-state index in [2.05, 4.69) is 14.9 Å².